The van der Waals surface area contributed by atoms with Crippen LogP contribution in [0, 0.1) is 0 Å². The van der Waals surface area contributed by atoms with Crippen LogP contribution >= 0.6 is 0 Å². The third-order valence-corrected chi connectivity index (χ3v) is 1.81. The van der Waals surface area contributed by atoms with Gasteiger partial charge in [0, 0.05) is 0 Å². The number of carboxylic acids is 1. The summed E-state index contributed by atoms with van der Waals surface area (Å²) in [4.78, 5) is 10.4. The van der Waals surface area contributed by atoms with E-state index in [0.717, 1.165) is 5.01 Å². The van der Waals surface area contributed by atoms with Gasteiger partial charge in [-0.1, -0.05) is 5.01 Å². The van der Waals surface area contributed by atoms with Gasteiger partial charge in [0.15, 0.2) is 6.04 Å². The minimum absolute atomic E-state index is 0. The zero-order valence-electron chi connectivity index (χ0n) is 6.25. The second-order valence-corrected chi connectivity index (χ2v) is 2.50. The van der Waals surface area contributed by atoms with Crippen molar-refractivity contribution in [3.8, 4) is 0 Å². The number of carbonyl (C=O) groups is 1. The van der Waals surface area contributed by atoms with Gasteiger partial charge in [0.25, 0.3) is 5.28 Å². The molecule has 1 radical (unpaired) electrons. The molecule has 0 aromatic carbocycles. The molecule has 0 bridgehead atoms. The number of hydrogen-bond donors (Lipinski definition) is 2. The van der Waals surface area contributed by atoms with Crippen molar-refractivity contribution in [1.29, 1.82) is 0 Å². The Morgan fingerprint density at radius 3 is 2.50 bits per heavy atom. The Kier molecular flexibility index (Phi) is 9.31. The van der Waals surface area contributed by atoms with E-state index in [-0.39, 0.29) is 64.1 Å². The SMILES string of the molecule is [NaH].[NaH].[O][N+](=NO)N1CCC[C@H]1C(=O)O. The zero-order chi connectivity index (χ0) is 9.14. The number of nitrogens with zero attached hydrogens (tertiary/aromatic N) is 3. The summed E-state index contributed by atoms with van der Waals surface area (Å²) >= 11 is 0. The molecule has 0 aliphatic carbocycles. The Bertz CT molecular complexity index is 225. The molecule has 7 nitrogen and oxygen atoms in total. The van der Waals surface area contributed by atoms with E-state index in [2.05, 4.69) is 5.28 Å². The Labute approximate surface area is 125 Å². The molecule has 0 saturated carbocycles. The van der Waals surface area contributed by atoms with Crippen LogP contribution < -0.4 is 0 Å². The fourth-order valence-electron chi connectivity index (χ4n) is 1.26. The fraction of sp³-hybridized carbons (Fsp3) is 0.800. The standard InChI is InChI=1S/C5H9N3O4.2Na.2H/c9-5(10)4-2-1-3-7(4)8(12)6-11;;;;/h4,11H,1-3H2,(H,9,10);;;;/q+1;;;;/t4-;;;;/m0..../s1. The Balaban J connectivity index is 0. The molecule has 0 spiro atoms. The molecule has 1 aliphatic heterocycles. The second-order valence-electron chi connectivity index (χ2n) is 2.50. The normalized spacial score (nSPS) is 21.0. The predicted octanol–water partition coefficient (Wildman–Crippen LogP) is -1.65. The van der Waals surface area contributed by atoms with Crippen molar-refractivity contribution >= 4 is 65.1 Å². The molecule has 1 atom stereocenters. The smallest absolute Gasteiger partial charge is 0.332 e. The third kappa shape index (κ3) is 3.92. The van der Waals surface area contributed by atoms with Crippen molar-refractivity contribution in [1.82, 2.24) is 5.01 Å². The Morgan fingerprint density at radius 1 is 1.50 bits per heavy atom. The first-order chi connectivity index (χ1) is 5.66. The molecule has 14 heavy (non-hydrogen) atoms. The molecular weight excluding hydrogens is 212 g/mol. The molecule has 0 aromatic rings. The van der Waals surface area contributed by atoms with E-state index in [1.54, 1.807) is 0 Å². The number of carboxylic acid groups (broad SMARTS) is 1. The van der Waals surface area contributed by atoms with E-state index in [1.807, 2.05) is 0 Å². The van der Waals surface area contributed by atoms with Gasteiger partial charge < -0.3 is 10.3 Å². The van der Waals surface area contributed by atoms with E-state index >= 15 is 0 Å². The topological polar surface area (TPSA) is 96.0 Å². The minimum Gasteiger partial charge on any atom is -0.480 e. The van der Waals surface area contributed by atoms with Crippen LogP contribution in [-0.4, -0.2) is 98.0 Å². The summed E-state index contributed by atoms with van der Waals surface area (Å²) in [5.41, 5.74) is 0. The number of rotatable bonds is 2. The minimum atomic E-state index is -1.07. The molecule has 0 unspecified atom stereocenters. The van der Waals surface area contributed by atoms with E-state index in [1.165, 1.54) is 0 Å². The molecule has 1 aliphatic rings. The van der Waals surface area contributed by atoms with E-state index < -0.39 is 12.0 Å². The van der Waals surface area contributed by atoms with Crippen molar-refractivity contribution in [2.45, 2.75) is 18.9 Å². The van der Waals surface area contributed by atoms with Gasteiger partial charge in [0.1, 0.15) is 0 Å². The summed E-state index contributed by atoms with van der Waals surface area (Å²) in [5, 5.41) is 30.7. The summed E-state index contributed by atoms with van der Waals surface area (Å²) in [6.07, 6.45) is 1.02. The van der Waals surface area contributed by atoms with Crippen LogP contribution in [0.3, 0.4) is 0 Å². The van der Waals surface area contributed by atoms with Crippen molar-refractivity contribution < 1.29 is 25.3 Å². The van der Waals surface area contributed by atoms with Crippen LogP contribution in [0.4, 0.5) is 0 Å². The molecule has 1 fully saturated rings. The second kappa shape index (κ2) is 7.72. The molecule has 0 amide bonds. The first kappa shape index (κ1) is 16.9. The Hall–Kier alpha value is 0.470. The van der Waals surface area contributed by atoms with Crippen molar-refractivity contribution in [2.24, 2.45) is 5.28 Å². The van der Waals surface area contributed by atoms with Crippen LogP contribution in [0.2, 0.25) is 0 Å². The van der Waals surface area contributed by atoms with Crippen molar-refractivity contribution in [3.63, 3.8) is 0 Å². The maximum Gasteiger partial charge on any atom is 0.332 e. The van der Waals surface area contributed by atoms with Gasteiger partial charge in [-0.3, -0.25) is 0 Å². The van der Waals surface area contributed by atoms with Gasteiger partial charge in [-0.05, 0) is 12.8 Å². The molecule has 0 aromatic heterocycles. The van der Waals surface area contributed by atoms with Gasteiger partial charge >= 0.3 is 70.1 Å². The summed E-state index contributed by atoms with van der Waals surface area (Å²) in [5.74, 6) is -1.07. The number of hydrogen-bond acceptors (Lipinski definition) is 2. The summed E-state index contributed by atoms with van der Waals surface area (Å²) in [6.45, 7) is 0.310. The number of aliphatic carboxylic acids is 1. The Morgan fingerprint density at radius 2 is 2.07 bits per heavy atom. The molecule has 71 valence electrons. The monoisotopic (exact) mass is 223 g/mol. The van der Waals surface area contributed by atoms with Gasteiger partial charge in [0.2, 0.25) is 0 Å². The first-order valence-electron chi connectivity index (χ1n) is 3.48. The van der Waals surface area contributed by atoms with Crippen LogP contribution in [0.15, 0.2) is 5.28 Å². The van der Waals surface area contributed by atoms with Gasteiger partial charge in [0.05, 0.1) is 11.8 Å². The largest absolute Gasteiger partial charge is 0.480 e. The quantitative estimate of drug-likeness (QED) is 0.254. The maximum absolute atomic E-state index is 10.7. The third-order valence-electron chi connectivity index (χ3n) is 1.81. The summed E-state index contributed by atoms with van der Waals surface area (Å²) in [7, 11) is 0. The van der Waals surface area contributed by atoms with Gasteiger partial charge in [-0.15, -0.1) is 0 Å². The summed E-state index contributed by atoms with van der Waals surface area (Å²) in [6, 6.07) is -0.863. The van der Waals surface area contributed by atoms with Crippen molar-refractivity contribution in [2.75, 3.05) is 6.54 Å². The van der Waals surface area contributed by atoms with Crippen LogP contribution in [-0.2, 0) is 10.0 Å². The van der Waals surface area contributed by atoms with Crippen LogP contribution in [0.25, 0.3) is 0 Å². The zero-order valence-corrected chi connectivity index (χ0v) is 6.25. The fourth-order valence-corrected chi connectivity index (χ4v) is 1.26. The van der Waals surface area contributed by atoms with Gasteiger partial charge in [-0.25, -0.2) is 4.79 Å². The molecular formula is C5H11N3Na2O4+. The average Bonchev–Trinajstić information content (AvgIpc) is 2.50. The van der Waals surface area contributed by atoms with Gasteiger partial charge in [-0.2, -0.15) is 0 Å². The molecule has 1 heterocycles. The average molecular weight is 223 g/mol. The van der Waals surface area contributed by atoms with Crippen LogP contribution in [0.5, 0.6) is 0 Å². The molecule has 1 saturated heterocycles. The van der Waals surface area contributed by atoms with Crippen LogP contribution in [0.1, 0.15) is 12.8 Å². The van der Waals surface area contributed by atoms with Crippen molar-refractivity contribution in [3.05, 3.63) is 0 Å². The summed E-state index contributed by atoms with van der Waals surface area (Å²) < 4.78 is 0. The van der Waals surface area contributed by atoms with E-state index in [4.69, 9.17) is 10.3 Å². The van der Waals surface area contributed by atoms with E-state index in [0.29, 0.717) is 19.4 Å². The molecule has 2 N–H and O–H groups in total. The predicted molar refractivity (Wildman–Crippen MR) is 46.8 cm³/mol. The first-order valence-corrected chi connectivity index (χ1v) is 3.48. The maximum atomic E-state index is 10.7. The van der Waals surface area contributed by atoms with E-state index in [9.17, 15) is 10.0 Å². The molecule has 9 heteroatoms. The number of hydrazine groups is 1. The molecule has 1 rings (SSSR count).